The van der Waals surface area contributed by atoms with Crippen LogP contribution in [0.5, 0.6) is 0 Å². The van der Waals surface area contributed by atoms with Crippen LogP contribution < -0.4 is 11.2 Å². The van der Waals surface area contributed by atoms with E-state index >= 15 is 0 Å². The normalized spacial score (nSPS) is 28.5. The molecule has 2 aliphatic rings. The average Bonchev–Trinajstić information content (AvgIpc) is 2.72. The minimum Gasteiger partial charge on any atom is -0.364 e. The molecule has 5 nitrogen and oxygen atoms in total. The number of nitrogens with one attached hydrogen (secondary N) is 1. The number of H-pyrrole nitrogens is 1. The molecule has 0 radical (unpaired) electrons. The van der Waals surface area contributed by atoms with Crippen LogP contribution >= 0.6 is 0 Å². The Morgan fingerprint density at radius 3 is 2.66 bits per heavy atom. The molecule has 2 aliphatic carbocycles. The number of nitrogens with two attached hydrogens (primary N) is 1. The van der Waals surface area contributed by atoms with Crippen molar-refractivity contribution < 1.29 is 26.7 Å². The molecule has 4 rings (SSSR count). The first-order valence-electron chi connectivity index (χ1n) is 10.7. The Hall–Kier alpha value is -2.52. The Morgan fingerprint density at radius 2 is 1.97 bits per heavy atom. The molecule has 2 saturated carbocycles. The summed E-state index contributed by atoms with van der Waals surface area (Å²) in [6.45, 7) is 0. The Morgan fingerprint density at radius 1 is 1.22 bits per heavy atom. The minimum absolute atomic E-state index is 0.0299. The molecule has 2 aromatic heterocycles. The second-order valence-electron chi connectivity index (χ2n) is 9.07. The molecule has 0 aromatic carbocycles. The van der Waals surface area contributed by atoms with Gasteiger partial charge in [-0.3, -0.25) is 14.6 Å². The van der Waals surface area contributed by atoms with Crippen molar-refractivity contribution in [2.24, 2.45) is 23.5 Å². The molecule has 2 aromatic rings. The van der Waals surface area contributed by atoms with Crippen molar-refractivity contribution in [2.75, 3.05) is 0 Å². The number of aromatic nitrogens is 2. The van der Waals surface area contributed by atoms with Crippen LogP contribution in [-0.4, -0.2) is 28.0 Å². The van der Waals surface area contributed by atoms with Gasteiger partial charge in [-0.15, -0.1) is 0 Å². The molecule has 0 saturated heterocycles. The lowest BCUT2D eigenvalue weighted by Gasteiger charge is -2.43. The van der Waals surface area contributed by atoms with Crippen LogP contribution in [0.4, 0.5) is 22.0 Å². The minimum atomic E-state index is -4.30. The summed E-state index contributed by atoms with van der Waals surface area (Å²) in [4.78, 5) is 31.2. The predicted octanol–water partition coefficient (Wildman–Crippen LogP) is 4.91. The lowest BCUT2D eigenvalue weighted by Crippen LogP contribution is -2.39. The Labute approximate surface area is 180 Å². The summed E-state index contributed by atoms with van der Waals surface area (Å²) in [6, 6.07) is 2.61. The SMILES string of the molecule is NC(=O)c1nccc2[nH]c(C3CC(F)(F)CCC3C3CCCC(C(F)(F)F)C3)cc(=O)c12. The monoisotopic (exact) mass is 457 g/mol. The molecule has 0 aliphatic heterocycles. The number of rotatable bonds is 3. The maximum absolute atomic E-state index is 14.4. The lowest BCUT2D eigenvalue weighted by molar-refractivity contribution is -0.189. The summed E-state index contributed by atoms with van der Waals surface area (Å²) < 4.78 is 68.8. The zero-order chi connectivity index (χ0) is 23.3. The van der Waals surface area contributed by atoms with E-state index in [9.17, 15) is 31.5 Å². The quantitative estimate of drug-likeness (QED) is 0.642. The van der Waals surface area contributed by atoms with E-state index < -0.39 is 47.6 Å². The number of primary amides is 1. The Kier molecular flexibility index (Phi) is 5.75. The van der Waals surface area contributed by atoms with E-state index in [0.717, 1.165) is 0 Å². The van der Waals surface area contributed by atoms with Gasteiger partial charge in [-0.05, 0) is 37.2 Å². The Bertz CT molecular complexity index is 1080. The number of amides is 1. The third kappa shape index (κ3) is 4.36. The number of nitrogens with zero attached hydrogens (tertiary/aromatic N) is 1. The molecule has 174 valence electrons. The van der Waals surface area contributed by atoms with Crippen LogP contribution in [0.3, 0.4) is 0 Å². The molecular weight excluding hydrogens is 433 g/mol. The van der Waals surface area contributed by atoms with Crippen LogP contribution in [0.25, 0.3) is 10.9 Å². The summed E-state index contributed by atoms with van der Waals surface area (Å²) in [6.07, 6.45) is -2.92. The van der Waals surface area contributed by atoms with E-state index in [1.165, 1.54) is 18.3 Å². The fraction of sp³-hybridized carbons (Fsp3) is 0.591. The van der Waals surface area contributed by atoms with Crippen molar-refractivity contribution in [1.29, 1.82) is 0 Å². The van der Waals surface area contributed by atoms with Crippen molar-refractivity contribution in [1.82, 2.24) is 9.97 Å². The highest BCUT2D eigenvalue weighted by Crippen LogP contribution is 2.52. The second kappa shape index (κ2) is 8.12. The van der Waals surface area contributed by atoms with Crippen molar-refractivity contribution in [3.8, 4) is 0 Å². The highest BCUT2D eigenvalue weighted by molar-refractivity contribution is 6.03. The predicted molar refractivity (Wildman–Crippen MR) is 107 cm³/mol. The standard InChI is InChI=1S/C22H24F5N3O2/c23-21(24)6-4-13(11-2-1-3-12(8-11)22(25,26)27)14(10-21)16-9-17(31)18-15(30-16)5-7-29-19(18)20(28)32/h5,7,9,11-14H,1-4,6,8,10H2,(H2,28,32)(H,30,31). The van der Waals surface area contributed by atoms with E-state index in [2.05, 4.69) is 9.97 Å². The highest BCUT2D eigenvalue weighted by Gasteiger charge is 2.49. The molecule has 2 heterocycles. The zero-order valence-electron chi connectivity index (χ0n) is 17.2. The van der Waals surface area contributed by atoms with E-state index in [1.807, 2.05) is 0 Å². The highest BCUT2D eigenvalue weighted by atomic mass is 19.4. The number of carbonyl (C=O) groups is 1. The van der Waals surface area contributed by atoms with Crippen molar-refractivity contribution >= 4 is 16.8 Å². The zero-order valence-corrected chi connectivity index (χ0v) is 17.2. The number of aromatic amines is 1. The summed E-state index contributed by atoms with van der Waals surface area (Å²) in [7, 11) is 0. The number of halogens is 5. The van der Waals surface area contributed by atoms with Crippen molar-refractivity contribution in [2.45, 2.75) is 63.0 Å². The molecule has 4 atom stereocenters. The maximum Gasteiger partial charge on any atom is 0.391 e. The summed E-state index contributed by atoms with van der Waals surface area (Å²) in [5, 5.41) is -0.0299. The topological polar surface area (TPSA) is 88.8 Å². The van der Waals surface area contributed by atoms with E-state index in [1.54, 1.807) is 0 Å². The fourth-order valence-electron chi connectivity index (χ4n) is 5.58. The smallest absolute Gasteiger partial charge is 0.364 e. The summed E-state index contributed by atoms with van der Waals surface area (Å²) in [5.41, 5.74) is 4.97. The van der Waals surface area contributed by atoms with Crippen LogP contribution in [0, 0.1) is 17.8 Å². The molecule has 3 N–H and O–H groups in total. The van der Waals surface area contributed by atoms with Gasteiger partial charge in [-0.1, -0.05) is 12.8 Å². The second-order valence-corrected chi connectivity index (χ2v) is 9.07. The third-order valence-electron chi connectivity index (χ3n) is 7.06. The summed E-state index contributed by atoms with van der Waals surface area (Å²) in [5.74, 6) is -6.83. The van der Waals surface area contributed by atoms with Crippen LogP contribution in [0.15, 0.2) is 23.1 Å². The first-order valence-corrected chi connectivity index (χ1v) is 10.7. The number of fused-ring (bicyclic) bond motifs is 1. The van der Waals surface area contributed by atoms with Gasteiger partial charge in [-0.2, -0.15) is 13.2 Å². The van der Waals surface area contributed by atoms with Gasteiger partial charge >= 0.3 is 6.18 Å². The van der Waals surface area contributed by atoms with Gasteiger partial charge in [0.15, 0.2) is 5.43 Å². The molecule has 32 heavy (non-hydrogen) atoms. The van der Waals surface area contributed by atoms with Gasteiger partial charge in [0.2, 0.25) is 5.92 Å². The molecule has 0 spiro atoms. The number of hydrogen-bond acceptors (Lipinski definition) is 3. The van der Waals surface area contributed by atoms with Gasteiger partial charge in [0.25, 0.3) is 5.91 Å². The van der Waals surface area contributed by atoms with Crippen molar-refractivity contribution in [3.05, 3.63) is 39.9 Å². The molecular formula is C22H24F5N3O2. The average molecular weight is 457 g/mol. The van der Waals surface area contributed by atoms with E-state index in [0.29, 0.717) is 12.8 Å². The Balaban J connectivity index is 1.74. The number of hydrogen-bond donors (Lipinski definition) is 2. The lowest BCUT2D eigenvalue weighted by atomic mass is 9.64. The number of carbonyl (C=O) groups excluding carboxylic acids is 1. The van der Waals surface area contributed by atoms with Crippen LogP contribution in [-0.2, 0) is 0 Å². The van der Waals surface area contributed by atoms with Crippen molar-refractivity contribution in [3.63, 3.8) is 0 Å². The third-order valence-corrected chi connectivity index (χ3v) is 7.06. The largest absolute Gasteiger partial charge is 0.391 e. The van der Waals surface area contributed by atoms with Gasteiger partial charge in [-0.25, -0.2) is 8.78 Å². The van der Waals surface area contributed by atoms with E-state index in [-0.39, 0.29) is 53.9 Å². The van der Waals surface area contributed by atoms with Gasteiger partial charge < -0.3 is 10.7 Å². The molecule has 4 unspecified atom stereocenters. The maximum atomic E-state index is 14.4. The molecule has 2 fully saturated rings. The van der Waals surface area contributed by atoms with Crippen LogP contribution in [0.1, 0.15) is 67.0 Å². The fourth-order valence-corrected chi connectivity index (χ4v) is 5.58. The van der Waals surface area contributed by atoms with Gasteiger partial charge in [0.05, 0.1) is 16.8 Å². The van der Waals surface area contributed by atoms with Gasteiger partial charge in [0.1, 0.15) is 5.69 Å². The number of alkyl halides is 5. The van der Waals surface area contributed by atoms with E-state index in [4.69, 9.17) is 5.73 Å². The van der Waals surface area contributed by atoms with Gasteiger partial charge in [0, 0.05) is 36.7 Å². The first kappa shape index (κ1) is 22.7. The summed E-state index contributed by atoms with van der Waals surface area (Å²) >= 11 is 0. The number of pyridine rings is 2. The van der Waals surface area contributed by atoms with Crippen LogP contribution in [0.2, 0.25) is 0 Å². The molecule has 10 heteroatoms. The molecule has 1 amide bonds. The molecule has 0 bridgehead atoms. The first-order chi connectivity index (χ1) is 15.0.